The van der Waals surface area contributed by atoms with E-state index in [9.17, 15) is 9.90 Å². The molecule has 0 aromatic heterocycles. The number of carbonyl (C=O) groups is 1. The molecule has 0 amide bonds. The van der Waals surface area contributed by atoms with Crippen molar-refractivity contribution in [1.29, 1.82) is 0 Å². The Labute approximate surface area is 79.4 Å². The predicted octanol–water partition coefficient (Wildman–Crippen LogP) is 2.10. The second-order valence-electron chi connectivity index (χ2n) is 2.84. The van der Waals surface area contributed by atoms with Crippen LogP contribution >= 0.6 is 0 Å². The predicted molar refractivity (Wildman–Crippen MR) is 49.8 cm³/mol. The first kappa shape index (κ1) is 12.2. The van der Waals surface area contributed by atoms with Crippen LogP contribution in [-0.4, -0.2) is 19.2 Å². The zero-order chi connectivity index (χ0) is 9.94. The molecule has 0 rings (SSSR count). The van der Waals surface area contributed by atoms with Crippen molar-refractivity contribution in [2.45, 2.75) is 32.1 Å². The van der Waals surface area contributed by atoms with Crippen LogP contribution < -0.4 is 0 Å². The molecule has 0 unspecified atom stereocenters. The highest BCUT2D eigenvalue weighted by molar-refractivity contribution is 5.81. The van der Waals surface area contributed by atoms with Crippen LogP contribution in [0.25, 0.3) is 0 Å². The van der Waals surface area contributed by atoms with Crippen molar-refractivity contribution in [2.24, 2.45) is 0 Å². The number of unbranched alkanes of at least 4 members (excludes halogenated alkanes) is 4. The molecule has 0 aromatic rings. The lowest BCUT2D eigenvalue weighted by molar-refractivity contribution is -0.137. The summed E-state index contributed by atoms with van der Waals surface area (Å²) in [7, 11) is 0. The highest BCUT2D eigenvalue weighted by atomic mass is 16.5. The topological polar surface area (TPSA) is 46.2 Å². The number of carbonyl (C=O) groups excluding carboxylic acids is 1. The molecule has 1 radical (unpaired) electrons. The van der Waals surface area contributed by atoms with Crippen LogP contribution in [0.5, 0.6) is 0 Å². The maximum Gasteiger partial charge on any atom is 0.330 e. The van der Waals surface area contributed by atoms with Gasteiger partial charge in [-0.1, -0.05) is 25.8 Å². The highest BCUT2D eigenvalue weighted by Crippen LogP contribution is 2.02. The molecule has 75 valence electrons. The Morgan fingerprint density at radius 1 is 1.15 bits per heavy atom. The first-order chi connectivity index (χ1) is 6.31. The number of rotatable bonds is 8. The molecule has 0 spiro atoms. The van der Waals surface area contributed by atoms with Crippen molar-refractivity contribution in [3.63, 3.8) is 0 Å². The third-order valence-corrected chi connectivity index (χ3v) is 1.70. The van der Waals surface area contributed by atoms with Gasteiger partial charge in [-0.15, -0.1) is 0 Å². The Bertz CT molecular complexity index is 143. The Morgan fingerprint density at radius 3 is 2.38 bits per heavy atom. The van der Waals surface area contributed by atoms with E-state index in [2.05, 4.69) is 6.58 Å². The second kappa shape index (κ2) is 9.26. The van der Waals surface area contributed by atoms with E-state index in [1.165, 1.54) is 0 Å². The lowest BCUT2D eigenvalue weighted by Gasteiger charge is -2.01. The van der Waals surface area contributed by atoms with Gasteiger partial charge in [0.05, 0.1) is 13.2 Å². The molecule has 0 fully saturated rings. The normalized spacial score (nSPS) is 9.62. The molecule has 0 heterocycles. The van der Waals surface area contributed by atoms with E-state index in [1.807, 2.05) is 0 Å². The van der Waals surface area contributed by atoms with Gasteiger partial charge in [0, 0.05) is 6.08 Å². The van der Waals surface area contributed by atoms with Crippen LogP contribution in [0.3, 0.4) is 0 Å². The molecular formula is C10H17O3. The van der Waals surface area contributed by atoms with Gasteiger partial charge in [0.1, 0.15) is 0 Å². The second-order valence-corrected chi connectivity index (χ2v) is 2.84. The van der Waals surface area contributed by atoms with E-state index in [0.717, 1.165) is 38.2 Å². The van der Waals surface area contributed by atoms with Crippen molar-refractivity contribution < 1.29 is 14.6 Å². The molecule has 0 aliphatic heterocycles. The number of hydrogen-bond donors (Lipinski definition) is 0. The standard InChI is InChI=1S/C10H17O3/c1-2-10(12)13-9-7-5-3-4-6-8-11/h2H,1,3-9H2. The van der Waals surface area contributed by atoms with Crippen molar-refractivity contribution in [2.75, 3.05) is 13.2 Å². The van der Waals surface area contributed by atoms with Gasteiger partial charge in [0.25, 0.3) is 0 Å². The van der Waals surface area contributed by atoms with E-state index in [1.54, 1.807) is 0 Å². The minimum atomic E-state index is -0.362. The van der Waals surface area contributed by atoms with E-state index in [4.69, 9.17) is 4.74 Å². The maximum absolute atomic E-state index is 10.6. The highest BCUT2D eigenvalue weighted by Gasteiger charge is 1.94. The van der Waals surface area contributed by atoms with Crippen LogP contribution in [0, 0.1) is 0 Å². The zero-order valence-corrected chi connectivity index (χ0v) is 7.96. The summed E-state index contributed by atoms with van der Waals surface area (Å²) in [5.41, 5.74) is 0. The molecule has 0 saturated carbocycles. The first-order valence-electron chi connectivity index (χ1n) is 4.68. The number of ether oxygens (including phenoxy) is 1. The lowest BCUT2D eigenvalue weighted by atomic mass is 10.1. The average molecular weight is 185 g/mol. The molecular weight excluding hydrogens is 168 g/mol. The van der Waals surface area contributed by atoms with Crippen molar-refractivity contribution >= 4 is 5.97 Å². The minimum absolute atomic E-state index is 0.0193. The fraction of sp³-hybridized carbons (Fsp3) is 0.700. The summed E-state index contributed by atoms with van der Waals surface area (Å²) >= 11 is 0. The Hall–Kier alpha value is -0.830. The largest absolute Gasteiger partial charge is 0.463 e. The van der Waals surface area contributed by atoms with E-state index in [-0.39, 0.29) is 12.6 Å². The van der Waals surface area contributed by atoms with Gasteiger partial charge in [0.2, 0.25) is 0 Å². The Morgan fingerprint density at radius 2 is 1.77 bits per heavy atom. The third-order valence-electron chi connectivity index (χ3n) is 1.70. The minimum Gasteiger partial charge on any atom is -0.463 e. The van der Waals surface area contributed by atoms with Gasteiger partial charge in [-0.2, -0.15) is 0 Å². The molecule has 0 aliphatic carbocycles. The fourth-order valence-corrected chi connectivity index (χ4v) is 0.966. The van der Waals surface area contributed by atoms with Crippen LogP contribution in [0.1, 0.15) is 32.1 Å². The van der Waals surface area contributed by atoms with Crippen LogP contribution in [-0.2, 0) is 14.6 Å². The summed E-state index contributed by atoms with van der Waals surface area (Å²) in [6.45, 7) is 3.77. The summed E-state index contributed by atoms with van der Waals surface area (Å²) < 4.78 is 4.78. The molecule has 0 atom stereocenters. The Balaban J connectivity index is 2.99. The van der Waals surface area contributed by atoms with Crippen LogP contribution in [0.2, 0.25) is 0 Å². The van der Waals surface area contributed by atoms with Crippen LogP contribution in [0.4, 0.5) is 0 Å². The molecule has 0 aliphatic rings. The summed E-state index contributed by atoms with van der Waals surface area (Å²) in [5.74, 6) is -0.362. The maximum atomic E-state index is 10.6. The SMILES string of the molecule is C=CC(=O)OCCCCCCC[O]. The quantitative estimate of drug-likeness (QED) is 0.330. The third kappa shape index (κ3) is 9.08. The van der Waals surface area contributed by atoms with Gasteiger partial charge < -0.3 is 4.74 Å². The Kier molecular flexibility index (Phi) is 8.67. The lowest BCUT2D eigenvalue weighted by Crippen LogP contribution is -2.01. The molecule has 3 heteroatoms. The molecule has 0 bridgehead atoms. The monoisotopic (exact) mass is 185 g/mol. The molecule has 0 N–H and O–H groups in total. The van der Waals surface area contributed by atoms with E-state index < -0.39 is 0 Å². The van der Waals surface area contributed by atoms with Gasteiger partial charge in [0.15, 0.2) is 0 Å². The van der Waals surface area contributed by atoms with E-state index >= 15 is 0 Å². The summed E-state index contributed by atoms with van der Waals surface area (Å²) in [4.78, 5) is 10.6. The fourth-order valence-electron chi connectivity index (χ4n) is 0.966. The number of hydrogen-bond acceptors (Lipinski definition) is 2. The molecule has 0 aromatic carbocycles. The number of esters is 1. The zero-order valence-electron chi connectivity index (χ0n) is 7.96. The van der Waals surface area contributed by atoms with E-state index in [0.29, 0.717) is 6.61 Å². The van der Waals surface area contributed by atoms with Gasteiger partial charge >= 0.3 is 5.97 Å². The first-order valence-corrected chi connectivity index (χ1v) is 4.68. The average Bonchev–Trinajstić information content (AvgIpc) is 2.16. The van der Waals surface area contributed by atoms with Gasteiger partial charge in [-0.3, -0.25) is 0 Å². The van der Waals surface area contributed by atoms with Crippen molar-refractivity contribution in [3.05, 3.63) is 12.7 Å². The summed E-state index contributed by atoms with van der Waals surface area (Å²) in [5, 5.41) is 10.1. The summed E-state index contributed by atoms with van der Waals surface area (Å²) in [6, 6.07) is 0. The van der Waals surface area contributed by atoms with Crippen molar-refractivity contribution in [3.8, 4) is 0 Å². The molecule has 0 saturated heterocycles. The van der Waals surface area contributed by atoms with Gasteiger partial charge in [-0.05, 0) is 12.8 Å². The van der Waals surface area contributed by atoms with Crippen molar-refractivity contribution in [1.82, 2.24) is 0 Å². The van der Waals surface area contributed by atoms with Crippen LogP contribution in [0.15, 0.2) is 12.7 Å². The molecule has 3 nitrogen and oxygen atoms in total. The molecule has 13 heavy (non-hydrogen) atoms. The smallest absolute Gasteiger partial charge is 0.330 e. The van der Waals surface area contributed by atoms with Gasteiger partial charge in [-0.25, -0.2) is 9.90 Å². The summed E-state index contributed by atoms with van der Waals surface area (Å²) in [6.07, 6.45) is 5.85.